The highest BCUT2D eigenvalue weighted by molar-refractivity contribution is 7.99. The lowest BCUT2D eigenvalue weighted by molar-refractivity contribution is -0.145. The summed E-state index contributed by atoms with van der Waals surface area (Å²) in [5, 5.41) is 0. The molecule has 1 rings (SSSR count). The molecule has 1 heterocycles. The predicted molar refractivity (Wildman–Crippen MR) is 45.4 cm³/mol. The van der Waals surface area contributed by atoms with E-state index >= 15 is 0 Å². The van der Waals surface area contributed by atoms with Gasteiger partial charge in [0.2, 0.25) is 0 Å². The number of rotatable bonds is 1. The highest BCUT2D eigenvalue weighted by Gasteiger charge is 2.25. The smallest absolute Gasteiger partial charge is 0.309 e. The zero-order valence-electron chi connectivity index (χ0n) is 6.58. The number of carbonyl (C=O) groups is 1. The van der Waals surface area contributed by atoms with Crippen LogP contribution in [-0.2, 0) is 9.53 Å². The van der Waals surface area contributed by atoms with Crippen molar-refractivity contribution in [2.45, 2.75) is 12.5 Å². The SMILES string of the molecule is COC(=O)C1CSCC(N)C1. The molecule has 4 heteroatoms. The van der Waals surface area contributed by atoms with Gasteiger partial charge in [-0.1, -0.05) is 0 Å². The Balaban J connectivity index is 2.39. The number of hydrogen-bond donors (Lipinski definition) is 1. The van der Waals surface area contributed by atoms with Crippen molar-refractivity contribution >= 4 is 17.7 Å². The van der Waals surface area contributed by atoms with Gasteiger partial charge in [0, 0.05) is 17.5 Å². The molecule has 64 valence electrons. The van der Waals surface area contributed by atoms with Crippen molar-refractivity contribution in [3.63, 3.8) is 0 Å². The second kappa shape index (κ2) is 3.97. The number of hydrogen-bond acceptors (Lipinski definition) is 4. The van der Waals surface area contributed by atoms with E-state index in [0.717, 1.165) is 17.9 Å². The number of ether oxygens (including phenoxy) is 1. The summed E-state index contributed by atoms with van der Waals surface area (Å²) in [7, 11) is 1.42. The molecule has 0 aromatic heterocycles. The van der Waals surface area contributed by atoms with E-state index in [-0.39, 0.29) is 17.9 Å². The Morgan fingerprint density at radius 1 is 1.64 bits per heavy atom. The summed E-state index contributed by atoms with van der Waals surface area (Å²) in [6.45, 7) is 0. The minimum Gasteiger partial charge on any atom is -0.469 e. The van der Waals surface area contributed by atoms with E-state index < -0.39 is 0 Å². The van der Waals surface area contributed by atoms with Crippen molar-refractivity contribution in [1.29, 1.82) is 0 Å². The Labute approximate surface area is 70.7 Å². The first-order chi connectivity index (χ1) is 5.24. The standard InChI is InChI=1S/C7H13NO2S/c1-10-7(9)5-2-6(8)4-11-3-5/h5-6H,2-4,8H2,1H3. The van der Waals surface area contributed by atoms with E-state index in [9.17, 15) is 4.79 Å². The topological polar surface area (TPSA) is 52.3 Å². The van der Waals surface area contributed by atoms with Crippen LogP contribution in [0.1, 0.15) is 6.42 Å². The third-order valence-electron chi connectivity index (χ3n) is 1.77. The molecule has 0 bridgehead atoms. The van der Waals surface area contributed by atoms with Crippen molar-refractivity contribution in [3.05, 3.63) is 0 Å². The molecule has 0 aromatic rings. The molecule has 1 aliphatic rings. The van der Waals surface area contributed by atoms with Gasteiger partial charge in [0.1, 0.15) is 0 Å². The first-order valence-electron chi connectivity index (χ1n) is 3.65. The number of esters is 1. The molecule has 2 unspecified atom stereocenters. The average molecular weight is 175 g/mol. The first kappa shape index (κ1) is 8.87. The summed E-state index contributed by atoms with van der Waals surface area (Å²) >= 11 is 1.73. The molecular weight excluding hydrogens is 162 g/mol. The molecule has 0 saturated carbocycles. The maximum Gasteiger partial charge on any atom is 0.309 e. The lowest BCUT2D eigenvalue weighted by Crippen LogP contribution is -2.35. The van der Waals surface area contributed by atoms with Gasteiger partial charge >= 0.3 is 5.97 Å². The van der Waals surface area contributed by atoms with Crippen LogP contribution in [0.4, 0.5) is 0 Å². The Bertz CT molecular complexity index is 151. The van der Waals surface area contributed by atoms with E-state index in [1.165, 1.54) is 7.11 Å². The van der Waals surface area contributed by atoms with Gasteiger partial charge in [-0.05, 0) is 6.42 Å². The molecule has 1 saturated heterocycles. The van der Waals surface area contributed by atoms with E-state index in [4.69, 9.17) is 5.73 Å². The Kier molecular flexibility index (Phi) is 3.20. The van der Waals surface area contributed by atoms with E-state index in [1.54, 1.807) is 11.8 Å². The number of carbonyl (C=O) groups excluding carboxylic acids is 1. The van der Waals surface area contributed by atoms with Crippen LogP contribution in [0.15, 0.2) is 0 Å². The third kappa shape index (κ3) is 2.38. The van der Waals surface area contributed by atoms with Crippen LogP contribution >= 0.6 is 11.8 Å². The van der Waals surface area contributed by atoms with Gasteiger partial charge in [-0.15, -0.1) is 0 Å². The van der Waals surface area contributed by atoms with Crippen LogP contribution in [0.5, 0.6) is 0 Å². The number of thioether (sulfide) groups is 1. The van der Waals surface area contributed by atoms with Gasteiger partial charge in [-0.3, -0.25) is 4.79 Å². The molecule has 0 spiro atoms. The molecule has 2 N–H and O–H groups in total. The van der Waals surface area contributed by atoms with Gasteiger partial charge in [0.15, 0.2) is 0 Å². The van der Waals surface area contributed by atoms with Crippen molar-refractivity contribution in [2.75, 3.05) is 18.6 Å². The maximum atomic E-state index is 11.0. The van der Waals surface area contributed by atoms with Gasteiger partial charge in [0.05, 0.1) is 13.0 Å². The molecule has 0 amide bonds. The molecule has 0 aromatic carbocycles. The van der Waals surface area contributed by atoms with Crippen molar-refractivity contribution < 1.29 is 9.53 Å². The van der Waals surface area contributed by atoms with Gasteiger partial charge < -0.3 is 10.5 Å². The molecule has 0 radical (unpaired) electrons. The quantitative estimate of drug-likeness (QED) is 0.580. The monoisotopic (exact) mass is 175 g/mol. The highest BCUT2D eigenvalue weighted by Crippen LogP contribution is 2.22. The summed E-state index contributed by atoms with van der Waals surface area (Å²) in [6.07, 6.45) is 0.777. The molecular formula is C7H13NO2S. The van der Waals surface area contributed by atoms with Crippen molar-refractivity contribution in [2.24, 2.45) is 11.7 Å². The molecule has 11 heavy (non-hydrogen) atoms. The van der Waals surface area contributed by atoms with E-state index in [1.807, 2.05) is 0 Å². The fourth-order valence-electron chi connectivity index (χ4n) is 1.19. The van der Waals surface area contributed by atoms with Crippen LogP contribution < -0.4 is 5.73 Å². The van der Waals surface area contributed by atoms with Crippen molar-refractivity contribution in [1.82, 2.24) is 0 Å². The van der Waals surface area contributed by atoms with Crippen LogP contribution in [0.3, 0.4) is 0 Å². The number of methoxy groups -OCH3 is 1. The zero-order valence-corrected chi connectivity index (χ0v) is 7.39. The van der Waals surface area contributed by atoms with Crippen LogP contribution in [0, 0.1) is 5.92 Å². The Hall–Kier alpha value is -0.220. The highest BCUT2D eigenvalue weighted by atomic mass is 32.2. The van der Waals surface area contributed by atoms with Gasteiger partial charge in [-0.2, -0.15) is 11.8 Å². The third-order valence-corrected chi connectivity index (χ3v) is 3.07. The lowest BCUT2D eigenvalue weighted by atomic mass is 10.0. The summed E-state index contributed by atoms with van der Waals surface area (Å²) in [6, 6.07) is 0.165. The van der Waals surface area contributed by atoms with Gasteiger partial charge in [-0.25, -0.2) is 0 Å². The summed E-state index contributed by atoms with van der Waals surface area (Å²) in [5.74, 6) is 1.73. The molecule has 0 aliphatic carbocycles. The van der Waals surface area contributed by atoms with Crippen LogP contribution in [0.25, 0.3) is 0 Å². The Morgan fingerprint density at radius 2 is 2.36 bits per heavy atom. The predicted octanol–water partition coefficient (Wildman–Crippen LogP) is 0.240. The van der Waals surface area contributed by atoms with E-state index in [0.29, 0.717) is 0 Å². The fourth-order valence-corrected chi connectivity index (χ4v) is 2.33. The number of nitrogens with two attached hydrogens (primary N) is 1. The van der Waals surface area contributed by atoms with Crippen molar-refractivity contribution in [3.8, 4) is 0 Å². The summed E-state index contributed by atoms with van der Waals surface area (Å²) < 4.78 is 4.63. The fraction of sp³-hybridized carbons (Fsp3) is 0.857. The van der Waals surface area contributed by atoms with Gasteiger partial charge in [0.25, 0.3) is 0 Å². The lowest BCUT2D eigenvalue weighted by Gasteiger charge is -2.23. The van der Waals surface area contributed by atoms with E-state index in [2.05, 4.69) is 4.74 Å². The van der Waals surface area contributed by atoms with Crippen LogP contribution in [0.2, 0.25) is 0 Å². The Morgan fingerprint density at radius 3 is 2.91 bits per heavy atom. The maximum absolute atomic E-state index is 11.0. The molecule has 1 fully saturated rings. The zero-order chi connectivity index (χ0) is 8.27. The largest absolute Gasteiger partial charge is 0.469 e. The molecule has 1 aliphatic heterocycles. The van der Waals surface area contributed by atoms with Crippen LogP contribution in [-0.4, -0.2) is 30.6 Å². The second-order valence-electron chi connectivity index (χ2n) is 2.75. The second-order valence-corrected chi connectivity index (χ2v) is 3.83. The minimum atomic E-state index is -0.118. The molecule has 3 nitrogen and oxygen atoms in total. The minimum absolute atomic E-state index is 0.0220. The summed E-state index contributed by atoms with van der Waals surface area (Å²) in [5.41, 5.74) is 5.69. The molecule has 2 atom stereocenters. The summed E-state index contributed by atoms with van der Waals surface area (Å²) in [4.78, 5) is 11.0. The first-order valence-corrected chi connectivity index (χ1v) is 4.80. The normalized spacial score (nSPS) is 31.5. The average Bonchev–Trinajstić information content (AvgIpc) is 2.03.